The van der Waals surface area contributed by atoms with Gasteiger partial charge in [0, 0.05) is 6.54 Å². The van der Waals surface area contributed by atoms with E-state index in [1.807, 2.05) is 0 Å². The number of rotatable bonds is 4. The summed E-state index contributed by atoms with van der Waals surface area (Å²) in [4.78, 5) is 12.0. The highest BCUT2D eigenvalue weighted by Crippen LogP contribution is 2.24. The fourth-order valence-corrected chi connectivity index (χ4v) is 2.27. The Bertz CT molecular complexity index is 519. The first-order valence-corrected chi connectivity index (χ1v) is 6.82. The summed E-state index contributed by atoms with van der Waals surface area (Å²) < 4.78 is 40.0. The Morgan fingerprint density at radius 3 is 2.55 bits per heavy atom. The zero-order chi connectivity index (χ0) is 16.3. The molecule has 22 heavy (non-hydrogen) atoms. The molecule has 2 rings (SSSR count). The number of β-amino-alcohol motifs (C(OH)–C–C–N with tert-alkyl or cyclic N) is 1. The number of nitrogens with one attached hydrogen (secondary N) is 2. The topological polar surface area (TPSA) is 70.6 Å². The first-order chi connectivity index (χ1) is 10.2. The lowest BCUT2D eigenvalue weighted by molar-refractivity contribution is -0.274. The van der Waals surface area contributed by atoms with Gasteiger partial charge in [-0.25, -0.2) is 0 Å². The average Bonchev–Trinajstić information content (AvgIpc) is 2.84. The highest BCUT2D eigenvalue weighted by atomic mass is 19.4. The Kier molecular flexibility index (Phi) is 4.92. The Balaban J connectivity index is 1.92. The molecule has 0 bridgehead atoms. The van der Waals surface area contributed by atoms with Crippen LogP contribution in [0, 0.1) is 0 Å². The van der Waals surface area contributed by atoms with Gasteiger partial charge in [-0.1, -0.05) is 12.1 Å². The van der Waals surface area contributed by atoms with Crippen LogP contribution in [0.2, 0.25) is 0 Å². The number of carbonyl (C=O) groups is 1. The zero-order valence-corrected chi connectivity index (χ0v) is 11.9. The summed E-state index contributed by atoms with van der Waals surface area (Å²) in [6, 6.07) is 4.50. The molecule has 8 heteroatoms. The fourth-order valence-electron chi connectivity index (χ4n) is 2.27. The normalized spacial score (nSPS) is 23.1. The second-order valence-electron chi connectivity index (χ2n) is 5.20. The van der Waals surface area contributed by atoms with Gasteiger partial charge in [0.05, 0.1) is 18.2 Å². The first-order valence-electron chi connectivity index (χ1n) is 6.82. The zero-order valence-electron chi connectivity index (χ0n) is 11.9. The van der Waals surface area contributed by atoms with Gasteiger partial charge in [-0.2, -0.15) is 0 Å². The third-order valence-electron chi connectivity index (χ3n) is 3.40. The van der Waals surface area contributed by atoms with Crippen molar-refractivity contribution in [1.82, 2.24) is 10.6 Å². The van der Waals surface area contributed by atoms with Gasteiger partial charge in [-0.3, -0.25) is 4.79 Å². The van der Waals surface area contributed by atoms with Crippen LogP contribution in [0.15, 0.2) is 24.3 Å². The number of amides is 1. The minimum atomic E-state index is -4.73. The number of ether oxygens (including phenoxy) is 1. The number of hydrogen-bond donors (Lipinski definition) is 3. The van der Waals surface area contributed by atoms with Crippen molar-refractivity contribution >= 4 is 5.91 Å². The van der Waals surface area contributed by atoms with Gasteiger partial charge in [0.2, 0.25) is 5.91 Å². The third-order valence-corrected chi connectivity index (χ3v) is 3.40. The van der Waals surface area contributed by atoms with Gasteiger partial charge in [-0.05, 0) is 31.0 Å². The molecule has 1 aliphatic rings. The largest absolute Gasteiger partial charge is 0.573 e. The molecule has 0 radical (unpaired) electrons. The van der Waals surface area contributed by atoms with Crippen LogP contribution < -0.4 is 15.4 Å². The van der Waals surface area contributed by atoms with E-state index in [9.17, 15) is 23.1 Å². The van der Waals surface area contributed by atoms with Gasteiger partial charge in [0.1, 0.15) is 5.75 Å². The fraction of sp³-hybridized carbons (Fsp3) is 0.500. The third kappa shape index (κ3) is 4.60. The number of aliphatic hydroxyl groups excluding tert-OH is 1. The van der Waals surface area contributed by atoms with Crippen molar-refractivity contribution in [3.05, 3.63) is 29.8 Å². The molecule has 3 N–H and O–H groups in total. The number of alkyl halides is 3. The van der Waals surface area contributed by atoms with Gasteiger partial charge in [-0.15, -0.1) is 13.2 Å². The monoisotopic (exact) mass is 318 g/mol. The minimum absolute atomic E-state index is 0.250. The van der Waals surface area contributed by atoms with E-state index in [1.165, 1.54) is 24.3 Å². The van der Waals surface area contributed by atoms with Crippen molar-refractivity contribution in [2.75, 3.05) is 6.54 Å². The molecule has 3 atom stereocenters. The van der Waals surface area contributed by atoms with Gasteiger partial charge in [0.15, 0.2) is 0 Å². The number of carbonyl (C=O) groups excluding carboxylic acids is 1. The van der Waals surface area contributed by atoms with E-state index in [2.05, 4.69) is 15.4 Å². The highest BCUT2D eigenvalue weighted by molar-refractivity contribution is 5.82. The van der Waals surface area contributed by atoms with Crippen LogP contribution in [-0.2, 0) is 4.79 Å². The van der Waals surface area contributed by atoms with E-state index >= 15 is 0 Å². The summed E-state index contributed by atoms with van der Waals surface area (Å²) >= 11 is 0. The van der Waals surface area contributed by atoms with E-state index in [0.29, 0.717) is 18.5 Å². The molecule has 1 heterocycles. The molecule has 122 valence electrons. The summed E-state index contributed by atoms with van der Waals surface area (Å²) in [5, 5.41) is 15.0. The van der Waals surface area contributed by atoms with E-state index < -0.39 is 18.5 Å². The van der Waals surface area contributed by atoms with Gasteiger partial charge < -0.3 is 20.5 Å². The molecule has 1 aliphatic heterocycles. The van der Waals surface area contributed by atoms with Crippen LogP contribution in [-0.4, -0.2) is 36.1 Å². The Hall–Kier alpha value is -1.80. The summed E-state index contributed by atoms with van der Waals surface area (Å²) in [7, 11) is 0. The lowest BCUT2D eigenvalue weighted by Crippen LogP contribution is -2.41. The van der Waals surface area contributed by atoms with E-state index in [0.717, 1.165) is 0 Å². The lowest BCUT2D eigenvalue weighted by Gasteiger charge is -2.18. The van der Waals surface area contributed by atoms with Crippen LogP contribution in [0.25, 0.3) is 0 Å². The molecule has 1 saturated heterocycles. The molecular formula is C14H17F3N2O3. The Labute approximate surface area is 125 Å². The lowest BCUT2D eigenvalue weighted by atomic mass is 10.1. The van der Waals surface area contributed by atoms with Crippen LogP contribution in [0.1, 0.15) is 24.9 Å². The molecule has 0 spiro atoms. The Morgan fingerprint density at radius 1 is 1.41 bits per heavy atom. The summed E-state index contributed by atoms with van der Waals surface area (Å²) in [6.45, 7) is 2.10. The molecule has 5 nitrogen and oxygen atoms in total. The van der Waals surface area contributed by atoms with E-state index in [4.69, 9.17) is 0 Å². The standard InChI is InChI=1S/C14H17F3N2O3/c1-8(19-13(21)12-6-10(20)7-18-12)9-2-4-11(5-3-9)22-14(15,16)17/h2-5,8,10,12,18,20H,6-7H2,1H3,(H,19,21)/t8-,10+,12+/m0/s1. The number of benzene rings is 1. The van der Waals surface area contributed by atoms with Crippen LogP contribution >= 0.6 is 0 Å². The second kappa shape index (κ2) is 6.53. The van der Waals surface area contributed by atoms with Gasteiger partial charge >= 0.3 is 6.36 Å². The van der Waals surface area contributed by atoms with Crippen molar-refractivity contribution in [2.45, 2.75) is 37.9 Å². The number of aliphatic hydroxyl groups is 1. The van der Waals surface area contributed by atoms with Crippen LogP contribution in [0.4, 0.5) is 13.2 Å². The minimum Gasteiger partial charge on any atom is -0.406 e. The molecule has 0 aromatic heterocycles. The van der Waals surface area contributed by atoms with Crippen molar-refractivity contribution in [2.24, 2.45) is 0 Å². The molecule has 0 saturated carbocycles. The first kappa shape index (κ1) is 16.6. The van der Waals surface area contributed by atoms with Crippen molar-refractivity contribution < 1.29 is 27.8 Å². The average molecular weight is 318 g/mol. The summed E-state index contributed by atoms with van der Waals surface area (Å²) in [5.41, 5.74) is 0.654. The van der Waals surface area contributed by atoms with Crippen molar-refractivity contribution in [3.8, 4) is 5.75 Å². The smallest absolute Gasteiger partial charge is 0.406 e. The maximum absolute atomic E-state index is 12.1. The molecule has 0 unspecified atom stereocenters. The summed E-state index contributed by atoms with van der Waals surface area (Å²) in [5.74, 6) is -0.560. The van der Waals surface area contributed by atoms with E-state index in [1.54, 1.807) is 6.92 Å². The maximum Gasteiger partial charge on any atom is 0.573 e. The second-order valence-corrected chi connectivity index (χ2v) is 5.20. The molecular weight excluding hydrogens is 301 g/mol. The van der Waals surface area contributed by atoms with E-state index in [-0.39, 0.29) is 17.7 Å². The number of halogens is 3. The Morgan fingerprint density at radius 2 is 2.05 bits per heavy atom. The summed E-state index contributed by atoms with van der Waals surface area (Å²) in [6.07, 6.45) is -4.92. The quantitative estimate of drug-likeness (QED) is 0.786. The maximum atomic E-state index is 12.1. The highest BCUT2D eigenvalue weighted by Gasteiger charge is 2.31. The van der Waals surface area contributed by atoms with Gasteiger partial charge in [0.25, 0.3) is 0 Å². The molecule has 0 aliphatic carbocycles. The van der Waals surface area contributed by atoms with Crippen molar-refractivity contribution in [1.29, 1.82) is 0 Å². The predicted octanol–water partition coefficient (Wildman–Crippen LogP) is 1.49. The number of hydrogen-bond acceptors (Lipinski definition) is 4. The predicted molar refractivity (Wildman–Crippen MR) is 72.1 cm³/mol. The van der Waals surface area contributed by atoms with Crippen LogP contribution in [0.5, 0.6) is 5.75 Å². The molecule has 1 aromatic carbocycles. The molecule has 1 fully saturated rings. The van der Waals surface area contributed by atoms with Crippen LogP contribution in [0.3, 0.4) is 0 Å². The van der Waals surface area contributed by atoms with Crippen molar-refractivity contribution in [3.63, 3.8) is 0 Å². The SMILES string of the molecule is C[C@H](NC(=O)[C@H]1C[C@@H](O)CN1)c1ccc(OC(F)(F)F)cc1. The molecule has 1 amide bonds. The molecule has 1 aromatic rings.